The Morgan fingerprint density at radius 3 is 2.55 bits per heavy atom. The lowest BCUT2D eigenvalue weighted by Crippen LogP contribution is -2.49. The van der Waals surface area contributed by atoms with Gasteiger partial charge < -0.3 is 15.3 Å². The summed E-state index contributed by atoms with van der Waals surface area (Å²) in [6.07, 6.45) is 5.40. The highest BCUT2D eigenvalue weighted by Gasteiger charge is 2.22. The molecule has 0 spiro atoms. The van der Waals surface area contributed by atoms with Crippen molar-refractivity contribution in [1.82, 2.24) is 10.2 Å². The molecule has 0 heterocycles. The molecule has 0 aromatic heterocycles. The zero-order chi connectivity index (χ0) is 15.0. The molecule has 5 heteroatoms. The maximum atomic E-state index is 11.9. The highest BCUT2D eigenvalue weighted by molar-refractivity contribution is 5.83. The van der Waals surface area contributed by atoms with Crippen molar-refractivity contribution in [2.24, 2.45) is 0 Å². The minimum Gasteiger partial charge on any atom is -0.480 e. The highest BCUT2D eigenvalue weighted by atomic mass is 16.4. The minimum absolute atomic E-state index is 0.153. The standard InChI is InChI=1S/C15H18N2O3/c1-3-10-17(4-2)15(20)16-13(14(18)19)11-12-8-6-5-7-9-12/h1,5-9,13H,4,10-11H2,2H3,(H,16,20)(H,18,19)/t13-/m1/s1. The minimum atomic E-state index is -1.07. The van der Waals surface area contributed by atoms with Crippen LogP contribution in [0.4, 0.5) is 4.79 Å². The number of carboxylic acid groups (broad SMARTS) is 1. The van der Waals surface area contributed by atoms with E-state index < -0.39 is 18.0 Å². The quantitative estimate of drug-likeness (QED) is 0.769. The summed E-state index contributed by atoms with van der Waals surface area (Å²) in [6, 6.07) is 7.70. The van der Waals surface area contributed by atoms with E-state index in [1.54, 1.807) is 6.92 Å². The smallest absolute Gasteiger partial charge is 0.326 e. The second-order valence-electron chi connectivity index (χ2n) is 4.25. The summed E-state index contributed by atoms with van der Waals surface area (Å²) < 4.78 is 0. The van der Waals surface area contributed by atoms with Crippen molar-refractivity contribution < 1.29 is 14.7 Å². The fourth-order valence-electron chi connectivity index (χ4n) is 1.73. The Bertz CT molecular complexity index is 494. The van der Waals surface area contributed by atoms with Crippen molar-refractivity contribution in [3.8, 4) is 12.3 Å². The molecule has 106 valence electrons. The van der Waals surface area contributed by atoms with Crippen molar-refractivity contribution in [2.45, 2.75) is 19.4 Å². The van der Waals surface area contributed by atoms with Gasteiger partial charge in [0.15, 0.2) is 0 Å². The molecular formula is C15H18N2O3. The van der Waals surface area contributed by atoms with Gasteiger partial charge in [-0.3, -0.25) is 0 Å². The predicted molar refractivity (Wildman–Crippen MR) is 76.2 cm³/mol. The Labute approximate surface area is 118 Å². The summed E-state index contributed by atoms with van der Waals surface area (Å²) in [5.74, 6) is 1.30. The van der Waals surface area contributed by atoms with E-state index in [9.17, 15) is 14.7 Å². The van der Waals surface area contributed by atoms with Gasteiger partial charge in [0.2, 0.25) is 0 Å². The molecule has 0 saturated heterocycles. The van der Waals surface area contributed by atoms with Crippen LogP contribution in [0.25, 0.3) is 0 Å². The molecule has 0 unspecified atom stereocenters. The second-order valence-corrected chi connectivity index (χ2v) is 4.25. The van der Waals surface area contributed by atoms with Gasteiger partial charge in [-0.2, -0.15) is 0 Å². The van der Waals surface area contributed by atoms with Gasteiger partial charge in [-0.1, -0.05) is 36.3 Å². The Kier molecular flexibility index (Phi) is 6.11. The number of terminal acetylenes is 1. The van der Waals surface area contributed by atoms with Gasteiger partial charge in [0.1, 0.15) is 6.04 Å². The van der Waals surface area contributed by atoms with Crippen LogP contribution >= 0.6 is 0 Å². The number of rotatable bonds is 6. The molecule has 5 nitrogen and oxygen atoms in total. The predicted octanol–water partition coefficient (Wildman–Crippen LogP) is 1.35. The van der Waals surface area contributed by atoms with Crippen molar-refractivity contribution in [2.75, 3.05) is 13.1 Å². The lowest BCUT2D eigenvalue weighted by atomic mass is 10.1. The summed E-state index contributed by atoms with van der Waals surface area (Å²) in [5.41, 5.74) is 0.847. The number of amides is 2. The SMILES string of the molecule is C#CCN(CC)C(=O)N[C@H](Cc1ccccc1)C(=O)O. The van der Waals surface area contributed by atoms with Gasteiger partial charge in [0.05, 0.1) is 6.54 Å². The second kappa shape index (κ2) is 7.85. The maximum Gasteiger partial charge on any atom is 0.326 e. The van der Waals surface area contributed by atoms with Crippen LogP contribution in [0.5, 0.6) is 0 Å². The molecule has 0 radical (unpaired) electrons. The number of hydrogen-bond donors (Lipinski definition) is 2. The lowest BCUT2D eigenvalue weighted by Gasteiger charge is -2.22. The van der Waals surface area contributed by atoms with Crippen LogP contribution in [0, 0.1) is 12.3 Å². The number of urea groups is 1. The Morgan fingerprint density at radius 2 is 2.05 bits per heavy atom. The fourth-order valence-corrected chi connectivity index (χ4v) is 1.73. The number of nitrogens with zero attached hydrogens (tertiary/aromatic N) is 1. The molecule has 0 aliphatic rings. The number of carboxylic acids is 1. The summed E-state index contributed by atoms with van der Waals surface area (Å²) in [4.78, 5) is 24.5. The topological polar surface area (TPSA) is 69.6 Å². The lowest BCUT2D eigenvalue weighted by molar-refractivity contribution is -0.139. The molecule has 1 aromatic carbocycles. The third kappa shape index (κ3) is 4.65. The number of nitrogens with one attached hydrogen (secondary N) is 1. The number of aliphatic carboxylic acids is 1. The first kappa shape index (κ1) is 15.6. The molecule has 2 N–H and O–H groups in total. The molecule has 0 aliphatic heterocycles. The Balaban J connectivity index is 2.71. The highest BCUT2D eigenvalue weighted by Crippen LogP contribution is 2.04. The molecule has 0 aliphatic carbocycles. The van der Waals surface area contributed by atoms with Gasteiger partial charge in [-0.25, -0.2) is 9.59 Å². The fraction of sp³-hybridized carbons (Fsp3) is 0.333. The molecule has 0 bridgehead atoms. The first-order valence-electron chi connectivity index (χ1n) is 6.34. The molecule has 0 fully saturated rings. The van der Waals surface area contributed by atoms with E-state index in [4.69, 9.17) is 6.42 Å². The normalized spacial score (nSPS) is 11.2. The largest absolute Gasteiger partial charge is 0.480 e. The number of benzene rings is 1. The summed E-state index contributed by atoms with van der Waals surface area (Å²) >= 11 is 0. The van der Waals surface area contributed by atoms with Crippen LogP contribution in [-0.4, -0.2) is 41.1 Å². The van der Waals surface area contributed by atoms with Crippen molar-refractivity contribution in [3.05, 3.63) is 35.9 Å². The van der Waals surface area contributed by atoms with Gasteiger partial charge in [0, 0.05) is 13.0 Å². The molecule has 2 amide bonds. The summed E-state index contributed by atoms with van der Waals surface area (Å²) in [7, 11) is 0. The first-order chi connectivity index (χ1) is 9.58. The number of carbonyl (C=O) groups excluding carboxylic acids is 1. The van der Waals surface area contributed by atoms with Crippen LogP contribution in [-0.2, 0) is 11.2 Å². The van der Waals surface area contributed by atoms with Crippen LogP contribution in [0.3, 0.4) is 0 Å². The maximum absolute atomic E-state index is 11.9. The average molecular weight is 274 g/mol. The van der Waals surface area contributed by atoms with E-state index in [1.165, 1.54) is 4.90 Å². The van der Waals surface area contributed by atoms with Gasteiger partial charge in [-0.05, 0) is 12.5 Å². The van der Waals surface area contributed by atoms with E-state index in [0.29, 0.717) is 6.54 Å². The Hall–Kier alpha value is -2.48. The van der Waals surface area contributed by atoms with Crippen molar-refractivity contribution >= 4 is 12.0 Å². The molecule has 20 heavy (non-hydrogen) atoms. The monoisotopic (exact) mass is 274 g/mol. The van der Waals surface area contributed by atoms with E-state index in [1.807, 2.05) is 30.3 Å². The van der Waals surface area contributed by atoms with Gasteiger partial charge in [0.25, 0.3) is 0 Å². The number of hydrogen-bond acceptors (Lipinski definition) is 2. The zero-order valence-electron chi connectivity index (χ0n) is 11.4. The third-order valence-electron chi connectivity index (χ3n) is 2.83. The first-order valence-corrected chi connectivity index (χ1v) is 6.34. The molecule has 1 rings (SSSR count). The third-order valence-corrected chi connectivity index (χ3v) is 2.83. The number of carbonyl (C=O) groups is 2. The van der Waals surface area contributed by atoms with E-state index in [-0.39, 0.29) is 13.0 Å². The van der Waals surface area contributed by atoms with E-state index in [0.717, 1.165) is 5.56 Å². The Morgan fingerprint density at radius 1 is 1.40 bits per heavy atom. The van der Waals surface area contributed by atoms with E-state index in [2.05, 4.69) is 11.2 Å². The summed E-state index contributed by atoms with van der Waals surface area (Å²) in [6.45, 7) is 2.36. The summed E-state index contributed by atoms with van der Waals surface area (Å²) in [5, 5.41) is 11.7. The van der Waals surface area contributed by atoms with E-state index >= 15 is 0 Å². The van der Waals surface area contributed by atoms with Crippen LogP contribution < -0.4 is 5.32 Å². The van der Waals surface area contributed by atoms with Gasteiger partial charge in [-0.15, -0.1) is 6.42 Å². The van der Waals surface area contributed by atoms with Crippen LogP contribution in [0.1, 0.15) is 12.5 Å². The molecule has 1 atom stereocenters. The molecular weight excluding hydrogens is 256 g/mol. The zero-order valence-corrected chi connectivity index (χ0v) is 11.4. The average Bonchev–Trinajstić information content (AvgIpc) is 2.44. The van der Waals surface area contributed by atoms with Crippen molar-refractivity contribution in [1.29, 1.82) is 0 Å². The van der Waals surface area contributed by atoms with Crippen LogP contribution in [0.15, 0.2) is 30.3 Å². The molecule has 0 saturated carbocycles. The van der Waals surface area contributed by atoms with Gasteiger partial charge >= 0.3 is 12.0 Å². The molecule has 1 aromatic rings. The van der Waals surface area contributed by atoms with Crippen molar-refractivity contribution in [3.63, 3.8) is 0 Å². The van der Waals surface area contributed by atoms with Crippen LogP contribution in [0.2, 0.25) is 0 Å².